The summed E-state index contributed by atoms with van der Waals surface area (Å²) in [4.78, 5) is 26.1. The number of carbonyl (C=O) groups is 1. The maximum atomic E-state index is 13.8. The van der Waals surface area contributed by atoms with Gasteiger partial charge < -0.3 is 14.6 Å². The van der Waals surface area contributed by atoms with Crippen LogP contribution in [0.4, 0.5) is 10.2 Å². The number of aryl methyl sites for hydroxylation is 3. The Morgan fingerprint density at radius 1 is 1.10 bits per heavy atom. The second-order valence-corrected chi connectivity index (χ2v) is 10.6. The van der Waals surface area contributed by atoms with Crippen LogP contribution < -0.4 is 5.32 Å². The zero-order chi connectivity index (χ0) is 27.1. The van der Waals surface area contributed by atoms with Gasteiger partial charge in [0.05, 0.1) is 33.8 Å². The first kappa shape index (κ1) is 25.1. The lowest BCUT2D eigenvalue weighted by Gasteiger charge is -2.15. The van der Waals surface area contributed by atoms with Gasteiger partial charge in [-0.25, -0.2) is 9.37 Å². The van der Waals surface area contributed by atoms with Crippen molar-refractivity contribution in [2.75, 3.05) is 18.9 Å². The highest BCUT2D eigenvalue weighted by molar-refractivity contribution is 7.22. The van der Waals surface area contributed by atoms with Gasteiger partial charge in [-0.05, 0) is 54.5 Å². The van der Waals surface area contributed by atoms with Gasteiger partial charge in [0.25, 0.3) is 5.91 Å². The highest BCUT2D eigenvalue weighted by Gasteiger charge is 2.36. The molecule has 5 heterocycles. The smallest absolute Gasteiger partial charge is 0.256 e. The number of rotatable bonds is 8. The Balaban J connectivity index is 1.59. The molecule has 1 aliphatic heterocycles. The molecule has 1 amide bonds. The lowest BCUT2D eigenvalue weighted by Crippen LogP contribution is -2.24. The summed E-state index contributed by atoms with van der Waals surface area (Å²) < 4.78 is 20.5. The standard InChI is InChI=1S/C29H27FN6O2S/c1-4-13-36-15-21-24(29(36)37)25(22-14-18-11-12-32-27(31-3)26(18)39-22)23(28-35-34-16(2)38-28)20(33-21)10-7-17-5-8-19(30)9-6-17/h5-6,8-9,11-12,14H,4,7,10,13,15H2,1-3H3,(H,31,32). The fourth-order valence-corrected chi connectivity index (χ4v) is 6.34. The number of fused-ring (bicyclic) bond motifs is 2. The van der Waals surface area contributed by atoms with Crippen LogP contribution in [0.15, 0.2) is 47.0 Å². The van der Waals surface area contributed by atoms with E-state index in [9.17, 15) is 9.18 Å². The van der Waals surface area contributed by atoms with E-state index < -0.39 is 0 Å². The Bertz CT molecular complexity index is 1690. The first-order valence-corrected chi connectivity index (χ1v) is 13.7. The van der Waals surface area contributed by atoms with E-state index in [1.807, 2.05) is 18.0 Å². The monoisotopic (exact) mass is 542 g/mol. The van der Waals surface area contributed by atoms with Gasteiger partial charge in [0.15, 0.2) is 0 Å². The Morgan fingerprint density at radius 2 is 1.92 bits per heavy atom. The van der Waals surface area contributed by atoms with Gasteiger partial charge in [-0.15, -0.1) is 21.5 Å². The van der Waals surface area contributed by atoms with Gasteiger partial charge in [-0.2, -0.15) is 0 Å². The van der Waals surface area contributed by atoms with Crippen molar-refractivity contribution < 1.29 is 13.6 Å². The summed E-state index contributed by atoms with van der Waals surface area (Å²) in [6.07, 6.45) is 3.81. The van der Waals surface area contributed by atoms with Crippen molar-refractivity contribution in [1.82, 2.24) is 25.1 Å². The number of aromatic nitrogens is 4. The van der Waals surface area contributed by atoms with Crippen LogP contribution in [0.5, 0.6) is 0 Å². The summed E-state index contributed by atoms with van der Waals surface area (Å²) in [5, 5.41) is 12.7. The van der Waals surface area contributed by atoms with Crippen LogP contribution in [0.25, 0.3) is 32.0 Å². The van der Waals surface area contributed by atoms with E-state index in [-0.39, 0.29) is 11.7 Å². The Morgan fingerprint density at radius 3 is 2.64 bits per heavy atom. The molecule has 1 aromatic carbocycles. The van der Waals surface area contributed by atoms with E-state index in [0.717, 1.165) is 49.7 Å². The third-order valence-electron chi connectivity index (χ3n) is 6.90. The number of hydrogen-bond acceptors (Lipinski definition) is 8. The molecule has 0 fully saturated rings. The van der Waals surface area contributed by atoms with Crippen LogP contribution in [0.1, 0.15) is 46.5 Å². The summed E-state index contributed by atoms with van der Waals surface area (Å²) in [5.74, 6) is 1.23. The normalized spacial score (nSPS) is 12.9. The van der Waals surface area contributed by atoms with E-state index in [1.54, 1.807) is 36.6 Å². The lowest BCUT2D eigenvalue weighted by molar-refractivity contribution is 0.0779. The molecule has 198 valence electrons. The average molecular weight is 543 g/mol. The molecule has 0 bridgehead atoms. The lowest BCUT2D eigenvalue weighted by atomic mass is 9.94. The molecule has 0 atom stereocenters. The molecule has 8 nitrogen and oxygen atoms in total. The molecule has 0 saturated carbocycles. The van der Waals surface area contributed by atoms with Crippen LogP contribution in [-0.2, 0) is 19.4 Å². The maximum absolute atomic E-state index is 13.8. The molecule has 0 saturated heterocycles. The van der Waals surface area contributed by atoms with Crippen LogP contribution in [0.2, 0.25) is 0 Å². The number of pyridine rings is 2. The summed E-state index contributed by atoms with van der Waals surface area (Å²) in [7, 11) is 1.84. The van der Waals surface area contributed by atoms with Crippen molar-refractivity contribution in [1.29, 1.82) is 0 Å². The summed E-state index contributed by atoms with van der Waals surface area (Å²) in [6.45, 7) is 4.90. The van der Waals surface area contributed by atoms with Gasteiger partial charge >= 0.3 is 0 Å². The number of hydrogen-bond donors (Lipinski definition) is 1. The second kappa shape index (κ2) is 10.2. The van der Waals surface area contributed by atoms with Crippen molar-refractivity contribution in [3.05, 3.63) is 76.8 Å². The van der Waals surface area contributed by atoms with E-state index in [4.69, 9.17) is 9.40 Å². The van der Waals surface area contributed by atoms with E-state index >= 15 is 0 Å². The van der Waals surface area contributed by atoms with Gasteiger partial charge in [0.1, 0.15) is 11.6 Å². The molecule has 4 aromatic heterocycles. The number of anilines is 1. The molecular formula is C29H27FN6O2S. The van der Waals surface area contributed by atoms with E-state index in [0.29, 0.717) is 48.8 Å². The van der Waals surface area contributed by atoms with Crippen molar-refractivity contribution in [3.8, 4) is 21.9 Å². The Kier molecular flexibility index (Phi) is 6.56. The minimum atomic E-state index is -0.270. The molecular weight excluding hydrogens is 515 g/mol. The first-order valence-electron chi connectivity index (χ1n) is 12.9. The third-order valence-corrected chi connectivity index (χ3v) is 8.08. The van der Waals surface area contributed by atoms with Gasteiger partial charge in [0, 0.05) is 37.2 Å². The Labute approximate surface area is 228 Å². The number of halogens is 1. The molecule has 10 heteroatoms. The van der Waals surface area contributed by atoms with Crippen LogP contribution in [0.3, 0.4) is 0 Å². The fourth-order valence-electron chi connectivity index (χ4n) is 5.13. The molecule has 0 spiro atoms. The molecule has 1 aliphatic rings. The largest absolute Gasteiger partial charge is 0.421 e. The maximum Gasteiger partial charge on any atom is 0.256 e. The van der Waals surface area contributed by atoms with Crippen LogP contribution in [0, 0.1) is 12.7 Å². The topological polar surface area (TPSA) is 97.0 Å². The van der Waals surface area contributed by atoms with Gasteiger partial charge in [-0.1, -0.05) is 19.1 Å². The fraction of sp³-hybridized carbons (Fsp3) is 0.276. The van der Waals surface area contributed by atoms with Crippen LogP contribution >= 0.6 is 11.3 Å². The van der Waals surface area contributed by atoms with Crippen LogP contribution in [-0.4, -0.2) is 44.6 Å². The Hall–Kier alpha value is -4.18. The minimum Gasteiger partial charge on any atom is -0.421 e. The van der Waals surface area contributed by atoms with E-state index in [2.05, 4.69) is 33.5 Å². The highest BCUT2D eigenvalue weighted by atomic mass is 32.1. The molecule has 39 heavy (non-hydrogen) atoms. The minimum absolute atomic E-state index is 0.0404. The summed E-state index contributed by atoms with van der Waals surface area (Å²) in [5.41, 5.74) is 4.54. The average Bonchev–Trinajstić information content (AvgIpc) is 3.64. The third kappa shape index (κ3) is 4.54. The second-order valence-electron chi connectivity index (χ2n) is 9.55. The number of benzene rings is 1. The predicted octanol–water partition coefficient (Wildman–Crippen LogP) is 6.05. The van der Waals surface area contributed by atoms with E-state index in [1.165, 1.54) is 12.1 Å². The number of nitrogens with one attached hydrogen (secondary N) is 1. The first-order chi connectivity index (χ1) is 19.0. The zero-order valence-corrected chi connectivity index (χ0v) is 22.7. The molecule has 0 aliphatic carbocycles. The number of thiophene rings is 1. The molecule has 1 N–H and O–H groups in total. The molecule has 0 unspecified atom stereocenters. The molecule has 5 aromatic rings. The van der Waals surface area contributed by atoms with Crippen molar-refractivity contribution >= 4 is 33.1 Å². The van der Waals surface area contributed by atoms with Crippen molar-refractivity contribution in [2.45, 2.75) is 39.7 Å². The van der Waals surface area contributed by atoms with Gasteiger partial charge in [-0.3, -0.25) is 9.78 Å². The van der Waals surface area contributed by atoms with Gasteiger partial charge in [0.2, 0.25) is 11.8 Å². The molecule has 0 radical (unpaired) electrons. The quantitative estimate of drug-likeness (QED) is 0.255. The molecule has 6 rings (SSSR count). The summed E-state index contributed by atoms with van der Waals surface area (Å²) in [6, 6.07) is 10.5. The SMILES string of the molecule is CCCN1Cc2nc(CCc3ccc(F)cc3)c(-c3nnc(C)o3)c(-c3cc4ccnc(NC)c4s3)c2C1=O. The number of amides is 1. The number of nitrogens with zero attached hydrogens (tertiary/aromatic N) is 5. The number of carbonyl (C=O) groups excluding carboxylic acids is 1. The zero-order valence-electron chi connectivity index (χ0n) is 21.9. The summed E-state index contributed by atoms with van der Waals surface area (Å²) >= 11 is 1.57. The van der Waals surface area contributed by atoms with Crippen molar-refractivity contribution in [2.24, 2.45) is 0 Å². The predicted molar refractivity (Wildman–Crippen MR) is 149 cm³/mol. The highest BCUT2D eigenvalue weighted by Crippen LogP contribution is 2.46. The van der Waals surface area contributed by atoms with Crippen molar-refractivity contribution in [3.63, 3.8) is 0 Å².